The molecule has 4 nitrogen and oxygen atoms in total. The van der Waals surface area contributed by atoms with Gasteiger partial charge < -0.3 is 4.74 Å². The average molecular weight is 253 g/mol. The molecular formula is C12H13ClN2O2. The van der Waals surface area contributed by atoms with E-state index in [4.69, 9.17) is 16.3 Å². The Labute approximate surface area is 104 Å². The zero-order valence-electron chi connectivity index (χ0n) is 9.63. The van der Waals surface area contributed by atoms with Crippen molar-refractivity contribution in [3.05, 3.63) is 50.4 Å². The van der Waals surface area contributed by atoms with Gasteiger partial charge in [0.15, 0.2) is 0 Å². The topological polar surface area (TPSA) is 57.9 Å². The third-order valence-corrected chi connectivity index (χ3v) is 2.90. The number of aromatic amines is 2. The van der Waals surface area contributed by atoms with Crippen molar-refractivity contribution in [2.75, 3.05) is 0 Å². The Bertz CT molecular complexity index is 586. The first-order chi connectivity index (χ1) is 8.06. The molecule has 90 valence electrons. The van der Waals surface area contributed by atoms with Crippen molar-refractivity contribution < 1.29 is 4.74 Å². The van der Waals surface area contributed by atoms with E-state index >= 15 is 0 Å². The molecule has 0 aliphatic heterocycles. The number of nitrogens with one attached hydrogen (secondary N) is 2. The van der Waals surface area contributed by atoms with Crippen molar-refractivity contribution in [1.82, 2.24) is 10.2 Å². The Morgan fingerprint density at radius 1 is 1.18 bits per heavy atom. The van der Waals surface area contributed by atoms with Crippen LogP contribution in [0.3, 0.4) is 0 Å². The van der Waals surface area contributed by atoms with Crippen molar-refractivity contribution >= 4 is 11.6 Å². The van der Waals surface area contributed by atoms with Gasteiger partial charge in [-0.25, -0.2) is 0 Å². The Balaban J connectivity index is 2.14. The van der Waals surface area contributed by atoms with E-state index < -0.39 is 0 Å². The Morgan fingerprint density at radius 3 is 2.59 bits per heavy atom. The highest BCUT2D eigenvalue weighted by Gasteiger charge is 2.05. The van der Waals surface area contributed by atoms with E-state index in [-0.39, 0.29) is 5.56 Å². The Hall–Kier alpha value is -1.68. The molecule has 0 fully saturated rings. The second-order valence-corrected chi connectivity index (χ2v) is 4.35. The number of benzene rings is 1. The maximum Gasteiger partial charge on any atom is 0.264 e. The van der Waals surface area contributed by atoms with E-state index in [1.54, 1.807) is 0 Å². The van der Waals surface area contributed by atoms with E-state index in [0.717, 1.165) is 21.9 Å². The van der Waals surface area contributed by atoms with Crippen LogP contribution in [-0.2, 0) is 6.61 Å². The molecule has 1 heterocycles. The standard InChI is InChI=1S/C12H13ClN2O2/c1-7-4-11(8(2)3-10(7)13)17-6-9-5-12(16)15-14-9/h3-5H,6H2,1-2H3,(H2,14,15,16). The van der Waals surface area contributed by atoms with E-state index in [2.05, 4.69) is 10.2 Å². The third kappa shape index (κ3) is 2.71. The van der Waals surface area contributed by atoms with Crippen molar-refractivity contribution in [3.63, 3.8) is 0 Å². The van der Waals surface area contributed by atoms with Gasteiger partial charge in [-0.05, 0) is 37.1 Å². The second-order valence-electron chi connectivity index (χ2n) is 3.94. The van der Waals surface area contributed by atoms with Crippen molar-refractivity contribution in [2.24, 2.45) is 0 Å². The molecule has 17 heavy (non-hydrogen) atoms. The fourth-order valence-electron chi connectivity index (χ4n) is 1.52. The molecule has 0 spiro atoms. The molecular weight excluding hydrogens is 240 g/mol. The molecule has 1 aromatic heterocycles. The fraction of sp³-hybridized carbons (Fsp3) is 0.250. The van der Waals surface area contributed by atoms with Crippen LogP contribution in [0.2, 0.25) is 5.02 Å². The zero-order chi connectivity index (χ0) is 12.4. The molecule has 0 radical (unpaired) electrons. The van der Waals surface area contributed by atoms with Gasteiger partial charge in [-0.2, -0.15) is 0 Å². The number of halogens is 1. The number of H-pyrrole nitrogens is 2. The second kappa shape index (κ2) is 4.67. The Kier molecular flexibility index (Phi) is 3.24. The molecule has 0 saturated heterocycles. The molecule has 2 rings (SSSR count). The van der Waals surface area contributed by atoms with Crippen LogP contribution in [0.4, 0.5) is 0 Å². The summed E-state index contributed by atoms with van der Waals surface area (Å²) >= 11 is 6.00. The molecule has 5 heteroatoms. The van der Waals surface area contributed by atoms with Crippen LogP contribution in [0.15, 0.2) is 23.0 Å². The molecule has 0 amide bonds. The quantitative estimate of drug-likeness (QED) is 0.882. The van der Waals surface area contributed by atoms with E-state index in [1.807, 2.05) is 26.0 Å². The molecule has 0 aliphatic rings. The molecule has 1 aromatic carbocycles. The minimum Gasteiger partial charge on any atom is -0.487 e. The molecule has 0 unspecified atom stereocenters. The van der Waals surface area contributed by atoms with Crippen molar-refractivity contribution in [2.45, 2.75) is 20.5 Å². The number of aryl methyl sites for hydroxylation is 2. The minimum atomic E-state index is -0.160. The summed E-state index contributed by atoms with van der Waals surface area (Å²) < 4.78 is 5.62. The van der Waals surface area contributed by atoms with Gasteiger partial charge in [0, 0.05) is 11.1 Å². The van der Waals surface area contributed by atoms with E-state index in [1.165, 1.54) is 6.07 Å². The lowest BCUT2D eigenvalue weighted by Crippen LogP contribution is -1.98. The molecule has 2 aromatic rings. The van der Waals surface area contributed by atoms with E-state index in [9.17, 15) is 4.79 Å². The summed E-state index contributed by atoms with van der Waals surface area (Å²) in [4.78, 5) is 10.9. The van der Waals surface area contributed by atoms with Gasteiger partial charge in [0.25, 0.3) is 5.56 Å². The first-order valence-corrected chi connectivity index (χ1v) is 5.60. The van der Waals surface area contributed by atoms with Crippen LogP contribution in [0, 0.1) is 13.8 Å². The highest BCUT2D eigenvalue weighted by Crippen LogP contribution is 2.26. The zero-order valence-corrected chi connectivity index (χ0v) is 10.4. The predicted molar refractivity (Wildman–Crippen MR) is 66.7 cm³/mol. The van der Waals surface area contributed by atoms with Crippen LogP contribution in [0.1, 0.15) is 16.8 Å². The number of rotatable bonds is 3. The first kappa shape index (κ1) is 11.8. The summed E-state index contributed by atoms with van der Waals surface area (Å²) in [6, 6.07) is 5.23. The van der Waals surface area contributed by atoms with Crippen LogP contribution in [0.5, 0.6) is 5.75 Å². The van der Waals surface area contributed by atoms with Crippen molar-refractivity contribution in [3.8, 4) is 5.75 Å². The minimum absolute atomic E-state index is 0.160. The molecule has 0 aliphatic carbocycles. The molecule has 0 atom stereocenters. The SMILES string of the molecule is Cc1cc(OCc2cc(=O)[nH][nH]2)c(C)cc1Cl. The maximum atomic E-state index is 10.9. The van der Waals surface area contributed by atoms with Gasteiger partial charge in [-0.3, -0.25) is 15.0 Å². The number of ether oxygens (including phenoxy) is 1. The van der Waals surface area contributed by atoms with Gasteiger partial charge in [-0.15, -0.1) is 0 Å². The maximum absolute atomic E-state index is 10.9. The lowest BCUT2D eigenvalue weighted by molar-refractivity contribution is 0.299. The lowest BCUT2D eigenvalue weighted by atomic mass is 10.1. The van der Waals surface area contributed by atoms with Crippen LogP contribution >= 0.6 is 11.6 Å². The molecule has 0 bridgehead atoms. The number of hydrogen-bond donors (Lipinski definition) is 2. The summed E-state index contributed by atoms with van der Waals surface area (Å²) in [5.74, 6) is 0.772. The van der Waals surface area contributed by atoms with Gasteiger partial charge in [0.2, 0.25) is 0 Å². The predicted octanol–water partition coefficient (Wildman–Crippen LogP) is 2.55. The Morgan fingerprint density at radius 2 is 1.94 bits per heavy atom. The highest BCUT2D eigenvalue weighted by molar-refractivity contribution is 6.31. The monoisotopic (exact) mass is 252 g/mol. The summed E-state index contributed by atoms with van der Waals surface area (Å²) in [6.45, 7) is 4.17. The molecule has 2 N–H and O–H groups in total. The first-order valence-electron chi connectivity index (χ1n) is 5.22. The van der Waals surface area contributed by atoms with Gasteiger partial charge in [-0.1, -0.05) is 11.6 Å². The van der Waals surface area contributed by atoms with Crippen molar-refractivity contribution in [1.29, 1.82) is 0 Å². The lowest BCUT2D eigenvalue weighted by Gasteiger charge is -2.10. The van der Waals surface area contributed by atoms with Gasteiger partial charge in [0.05, 0.1) is 5.69 Å². The summed E-state index contributed by atoms with van der Waals surface area (Å²) in [7, 11) is 0. The van der Waals surface area contributed by atoms with Gasteiger partial charge >= 0.3 is 0 Å². The number of aromatic nitrogens is 2. The van der Waals surface area contributed by atoms with Crippen LogP contribution in [0.25, 0.3) is 0 Å². The average Bonchev–Trinajstić information content (AvgIpc) is 2.68. The largest absolute Gasteiger partial charge is 0.487 e. The summed E-state index contributed by atoms with van der Waals surface area (Å²) in [5, 5.41) is 5.92. The number of hydrogen-bond acceptors (Lipinski definition) is 2. The van der Waals surface area contributed by atoms with E-state index in [0.29, 0.717) is 12.3 Å². The normalized spacial score (nSPS) is 10.5. The highest BCUT2D eigenvalue weighted by atomic mass is 35.5. The van der Waals surface area contributed by atoms with Gasteiger partial charge in [0.1, 0.15) is 12.4 Å². The fourth-order valence-corrected chi connectivity index (χ4v) is 1.73. The van der Waals surface area contributed by atoms with Crippen LogP contribution in [-0.4, -0.2) is 10.2 Å². The van der Waals surface area contributed by atoms with Crippen LogP contribution < -0.4 is 10.3 Å². The third-order valence-electron chi connectivity index (χ3n) is 2.49. The smallest absolute Gasteiger partial charge is 0.264 e. The summed E-state index contributed by atoms with van der Waals surface area (Å²) in [5.41, 5.74) is 2.49. The molecule has 0 saturated carbocycles. The summed E-state index contributed by atoms with van der Waals surface area (Å²) in [6.07, 6.45) is 0.